The molecule has 0 bridgehead atoms. The van der Waals surface area contributed by atoms with E-state index in [1.165, 1.54) is 7.11 Å². The van der Waals surface area contributed by atoms with Crippen molar-refractivity contribution in [2.24, 2.45) is 0 Å². The molecule has 4 rings (SSSR count). The lowest BCUT2D eigenvalue weighted by Gasteiger charge is -2.20. The Morgan fingerprint density at radius 3 is 2.25 bits per heavy atom. The van der Waals surface area contributed by atoms with Gasteiger partial charge in [0.25, 0.3) is 0 Å². The molecule has 0 heterocycles. The zero-order chi connectivity index (χ0) is 22.7. The Bertz CT molecular complexity index is 1120. The van der Waals surface area contributed by atoms with Crippen LogP contribution in [0.25, 0.3) is 11.1 Å². The molecule has 164 valence electrons. The van der Waals surface area contributed by atoms with Crippen LogP contribution in [0.15, 0.2) is 66.7 Å². The Morgan fingerprint density at radius 2 is 1.66 bits per heavy atom. The maximum Gasteiger partial charge on any atom is 0.407 e. The van der Waals surface area contributed by atoms with Gasteiger partial charge in [0.15, 0.2) is 0 Å². The van der Waals surface area contributed by atoms with Crippen LogP contribution in [0.5, 0.6) is 5.75 Å². The average molecular weight is 452 g/mol. The number of carboxylic acid groups (broad SMARTS) is 1. The van der Waals surface area contributed by atoms with Gasteiger partial charge in [0.2, 0.25) is 0 Å². The Hall–Kier alpha value is -3.51. The van der Waals surface area contributed by atoms with Crippen molar-refractivity contribution in [2.45, 2.75) is 18.4 Å². The van der Waals surface area contributed by atoms with Crippen LogP contribution in [0.4, 0.5) is 4.79 Å². The number of carboxylic acids is 1. The van der Waals surface area contributed by atoms with Gasteiger partial charge in [-0.3, -0.25) is 4.79 Å². The minimum atomic E-state index is -1.05. The topological polar surface area (TPSA) is 84.9 Å². The van der Waals surface area contributed by atoms with Crippen LogP contribution in [0.3, 0.4) is 0 Å². The van der Waals surface area contributed by atoms with E-state index >= 15 is 0 Å². The van der Waals surface area contributed by atoms with Crippen molar-refractivity contribution in [1.29, 1.82) is 0 Å². The normalized spacial score (nSPS) is 13.1. The van der Waals surface area contributed by atoms with E-state index in [9.17, 15) is 14.7 Å². The molecule has 6 nitrogen and oxygen atoms in total. The van der Waals surface area contributed by atoms with Crippen molar-refractivity contribution in [1.82, 2.24) is 5.32 Å². The summed E-state index contributed by atoms with van der Waals surface area (Å²) in [5.41, 5.74) is 5.03. The number of carbonyl (C=O) groups excluding carboxylic acids is 1. The number of methoxy groups -OCH3 is 1. The Morgan fingerprint density at radius 1 is 1.03 bits per heavy atom. The number of alkyl carbamates (subject to hydrolysis) is 1. The van der Waals surface area contributed by atoms with Crippen LogP contribution in [0.2, 0.25) is 5.02 Å². The lowest BCUT2D eigenvalue weighted by molar-refractivity contribution is -0.137. The summed E-state index contributed by atoms with van der Waals surface area (Å²) in [6.45, 7) is 0.142. The first kappa shape index (κ1) is 21.7. The number of carbonyl (C=O) groups is 2. The minimum Gasteiger partial charge on any atom is -0.495 e. The molecule has 1 atom stereocenters. The highest BCUT2D eigenvalue weighted by molar-refractivity contribution is 6.32. The Labute approximate surface area is 190 Å². The first-order valence-electron chi connectivity index (χ1n) is 10.1. The molecule has 0 radical (unpaired) electrons. The number of halogens is 1. The number of ether oxygens (including phenoxy) is 2. The second-order valence-corrected chi connectivity index (χ2v) is 7.92. The van der Waals surface area contributed by atoms with Crippen molar-refractivity contribution in [3.05, 3.63) is 88.4 Å². The molecule has 1 aliphatic carbocycles. The summed E-state index contributed by atoms with van der Waals surface area (Å²) in [6, 6.07) is 20.2. The molecule has 0 fully saturated rings. The van der Waals surface area contributed by atoms with E-state index < -0.39 is 18.1 Å². The zero-order valence-electron chi connectivity index (χ0n) is 17.4. The lowest BCUT2D eigenvalue weighted by Crippen LogP contribution is -2.31. The molecule has 3 aromatic rings. The molecule has 0 unspecified atom stereocenters. The van der Waals surface area contributed by atoms with E-state index in [1.54, 1.807) is 18.2 Å². The zero-order valence-corrected chi connectivity index (χ0v) is 18.1. The SMILES string of the molecule is COc1cc([C@H](CC(=O)O)NC(=O)OCC2c3ccccc3-c3ccccc32)ccc1Cl. The number of hydrogen-bond acceptors (Lipinski definition) is 4. The smallest absolute Gasteiger partial charge is 0.407 e. The summed E-state index contributed by atoms with van der Waals surface area (Å²) in [7, 11) is 1.47. The van der Waals surface area contributed by atoms with Crippen molar-refractivity contribution < 1.29 is 24.2 Å². The summed E-state index contributed by atoms with van der Waals surface area (Å²) < 4.78 is 10.8. The molecule has 0 aliphatic heterocycles. The largest absolute Gasteiger partial charge is 0.495 e. The Kier molecular flexibility index (Phi) is 6.32. The quantitative estimate of drug-likeness (QED) is 0.502. The molecule has 0 aromatic heterocycles. The fourth-order valence-electron chi connectivity index (χ4n) is 4.10. The molecule has 7 heteroatoms. The van der Waals surface area contributed by atoms with E-state index in [0.717, 1.165) is 22.3 Å². The fourth-order valence-corrected chi connectivity index (χ4v) is 4.30. The number of fused-ring (bicyclic) bond motifs is 3. The molecule has 0 saturated heterocycles. The van der Waals surface area contributed by atoms with Gasteiger partial charge >= 0.3 is 12.1 Å². The van der Waals surface area contributed by atoms with E-state index in [2.05, 4.69) is 17.4 Å². The maximum absolute atomic E-state index is 12.6. The third-order valence-electron chi connectivity index (χ3n) is 5.59. The van der Waals surface area contributed by atoms with Gasteiger partial charge in [-0.1, -0.05) is 66.2 Å². The van der Waals surface area contributed by atoms with Crippen molar-refractivity contribution >= 4 is 23.7 Å². The standard InChI is InChI=1S/C25H22ClNO5/c1-31-23-12-15(10-11-21(23)26)22(13-24(28)29)27-25(30)32-14-20-18-8-4-2-6-16(18)17-7-3-5-9-19(17)20/h2-12,20,22H,13-14H2,1H3,(H,27,30)(H,28,29)/t22-/m0/s1. The van der Waals surface area contributed by atoms with Gasteiger partial charge in [-0.05, 0) is 39.9 Å². The van der Waals surface area contributed by atoms with E-state index in [1.807, 2.05) is 36.4 Å². The highest BCUT2D eigenvalue weighted by Gasteiger charge is 2.29. The minimum absolute atomic E-state index is 0.0818. The van der Waals surface area contributed by atoms with Crippen LogP contribution < -0.4 is 10.1 Å². The molecule has 2 N–H and O–H groups in total. The van der Waals surface area contributed by atoms with Crippen LogP contribution in [0.1, 0.15) is 35.1 Å². The van der Waals surface area contributed by atoms with E-state index in [4.69, 9.17) is 21.1 Å². The van der Waals surface area contributed by atoms with Crippen LogP contribution >= 0.6 is 11.6 Å². The third kappa shape index (κ3) is 4.41. The molecular formula is C25H22ClNO5. The van der Waals surface area contributed by atoms with Crippen molar-refractivity contribution in [2.75, 3.05) is 13.7 Å². The van der Waals surface area contributed by atoms with Crippen molar-refractivity contribution in [3.8, 4) is 16.9 Å². The number of nitrogens with one attached hydrogen (secondary N) is 1. The second-order valence-electron chi connectivity index (χ2n) is 7.51. The summed E-state index contributed by atoms with van der Waals surface area (Å²) in [4.78, 5) is 24.0. The van der Waals surface area contributed by atoms with Gasteiger partial charge in [-0.15, -0.1) is 0 Å². The summed E-state index contributed by atoms with van der Waals surface area (Å²) in [6.07, 6.45) is -0.998. The summed E-state index contributed by atoms with van der Waals surface area (Å²) in [5.74, 6) is -0.738. The van der Waals surface area contributed by atoms with Crippen LogP contribution in [0, 0.1) is 0 Å². The molecule has 3 aromatic carbocycles. The van der Waals surface area contributed by atoms with Gasteiger partial charge < -0.3 is 19.9 Å². The number of amides is 1. The maximum atomic E-state index is 12.6. The molecule has 1 amide bonds. The molecular weight excluding hydrogens is 430 g/mol. The summed E-state index contributed by atoms with van der Waals surface area (Å²) >= 11 is 6.06. The van der Waals surface area contributed by atoms with Gasteiger partial charge in [-0.25, -0.2) is 4.79 Å². The Balaban J connectivity index is 1.49. The first-order chi connectivity index (χ1) is 15.5. The van der Waals surface area contributed by atoms with Crippen LogP contribution in [-0.2, 0) is 9.53 Å². The number of aliphatic carboxylic acids is 1. The van der Waals surface area contributed by atoms with Crippen molar-refractivity contribution in [3.63, 3.8) is 0 Å². The first-order valence-corrected chi connectivity index (χ1v) is 10.5. The predicted octanol–water partition coefficient (Wildman–Crippen LogP) is 5.40. The predicted molar refractivity (Wildman–Crippen MR) is 121 cm³/mol. The van der Waals surface area contributed by atoms with Gasteiger partial charge in [0, 0.05) is 5.92 Å². The monoisotopic (exact) mass is 451 g/mol. The highest BCUT2D eigenvalue weighted by Crippen LogP contribution is 2.44. The van der Waals surface area contributed by atoms with Gasteiger partial charge in [-0.2, -0.15) is 0 Å². The number of hydrogen-bond donors (Lipinski definition) is 2. The average Bonchev–Trinajstić information content (AvgIpc) is 3.11. The number of rotatable bonds is 7. The van der Waals surface area contributed by atoms with Crippen LogP contribution in [-0.4, -0.2) is 30.9 Å². The van der Waals surface area contributed by atoms with Gasteiger partial charge in [0.05, 0.1) is 24.6 Å². The fraction of sp³-hybridized carbons (Fsp3) is 0.200. The highest BCUT2D eigenvalue weighted by atomic mass is 35.5. The summed E-state index contributed by atoms with van der Waals surface area (Å²) in [5, 5.41) is 12.4. The number of benzene rings is 3. The van der Waals surface area contributed by atoms with E-state index in [0.29, 0.717) is 16.3 Å². The molecule has 32 heavy (non-hydrogen) atoms. The molecule has 1 aliphatic rings. The van der Waals surface area contributed by atoms with Gasteiger partial charge in [0.1, 0.15) is 12.4 Å². The molecule has 0 saturated carbocycles. The van der Waals surface area contributed by atoms with E-state index in [-0.39, 0.29) is 18.9 Å². The second kappa shape index (κ2) is 9.32. The molecule has 0 spiro atoms. The third-order valence-corrected chi connectivity index (χ3v) is 5.90. The lowest BCUT2D eigenvalue weighted by atomic mass is 9.98.